The lowest BCUT2D eigenvalue weighted by Gasteiger charge is -2.04. The fourth-order valence-corrected chi connectivity index (χ4v) is 0.953. The standard InChI is InChI=1S/C10H12O5/c1-7(2)14-10(12)9-4-3-8(15-9)5-13-6-11/h3-4,6-7H,5H2,1-2H3. The number of ether oxygens (including phenoxy) is 2. The Morgan fingerprint density at radius 3 is 2.87 bits per heavy atom. The highest BCUT2D eigenvalue weighted by atomic mass is 16.6. The van der Waals surface area contributed by atoms with Gasteiger partial charge in [-0.3, -0.25) is 4.79 Å². The van der Waals surface area contributed by atoms with Crippen LogP contribution >= 0.6 is 0 Å². The van der Waals surface area contributed by atoms with E-state index in [1.54, 1.807) is 19.9 Å². The van der Waals surface area contributed by atoms with Crippen LogP contribution in [0.4, 0.5) is 0 Å². The highest BCUT2D eigenvalue weighted by Gasteiger charge is 2.13. The third-order valence-corrected chi connectivity index (χ3v) is 1.50. The Labute approximate surface area is 87.0 Å². The van der Waals surface area contributed by atoms with Crippen molar-refractivity contribution >= 4 is 12.4 Å². The molecular weight excluding hydrogens is 200 g/mol. The van der Waals surface area contributed by atoms with E-state index < -0.39 is 5.97 Å². The summed E-state index contributed by atoms with van der Waals surface area (Å²) in [7, 11) is 0. The zero-order valence-corrected chi connectivity index (χ0v) is 8.56. The Kier molecular flexibility index (Phi) is 3.91. The Morgan fingerprint density at radius 1 is 1.53 bits per heavy atom. The van der Waals surface area contributed by atoms with E-state index >= 15 is 0 Å². The van der Waals surface area contributed by atoms with Gasteiger partial charge in [0.2, 0.25) is 5.76 Å². The van der Waals surface area contributed by atoms with Gasteiger partial charge in [-0.25, -0.2) is 4.79 Å². The molecule has 0 amide bonds. The van der Waals surface area contributed by atoms with Crippen molar-refractivity contribution in [1.82, 2.24) is 0 Å². The number of carbonyl (C=O) groups is 2. The van der Waals surface area contributed by atoms with Gasteiger partial charge in [0.25, 0.3) is 6.47 Å². The van der Waals surface area contributed by atoms with Crippen LogP contribution in [0, 0.1) is 0 Å². The number of esters is 1. The molecule has 0 fully saturated rings. The van der Waals surface area contributed by atoms with E-state index in [0.717, 1.165) is 0 Å². The minimum absolute atomic E-state index is 0.0124. The van der Waals surface area contributed by atoms with E-state index in [9.17, 15) is 9.59 Å². The van der Waals surface area contributed by atoms with E-state index in [-0.39, 0.29) is 18.5 Å². The van der Waals surface area contributed by atoms with Gasteiger partial charge in [-0.15, -0.1) is 0 Å². The van der Waals surface area contributed by atoms with Crippen molar-refractivity contribution in [2.24, 2.45) is 0 Å². The predicted molar refractivity (Wildman–Crippen MR) is 50.1 cm³/mol. The first-order valence-corrected chi connectivity index (χ1v) is 4.48. The first-order valence-electron chi connectivity index (χ1n) is 4.48. The van der Waals surface area contributed by atoms with E-state index in [1.807, 2.05) is 0 Å². The summed E-state index contributed by atoms with van der Waals surface area (Å²) in [5, 5.41) is 0. The minimum atomic E-state index is -0.526. The number of hydrogen-bond donors (Lipinski definition) is 0. The van der Waals surface area contributed by atoms with Crippen LogP contribution in [0.3, 0.4) is 0 Å². The van der Waals surface area contributed by atoms with Crippen LogP contribution in [0.5, 0.6) is 0 Å². The monoisotopic (exact) mass is 212 g/mol. The molecule has 0 aromatic carbocycles. The molecule has 0 unspecified atom stereocenters. The molecule has 82 valence electrons. The van der Waals surface area contributed by atoms with Crippen LogP contribution in [-0.4, -0.2) is 18.5 Å². The summed E-state index contributed by atoms with van der Waals surface area (Å²) in [4.78, 5) is 21.2. The molecule has 0 bridgehead atoms. The SMILES string of the molecule is CC(C)OC(=O)c1ccc(COC=O)o1. The van der Waals surface area contributed by atoms with Crippen LogP contribution in [-0.2, 0) is 20.9 Å². The van der Waals surface area contributed by atoms with Crippen LogP contribution in [0.25, 0.3) is 0 Å². The van der Waals surface area contributed by atoms with E-state index in [0.29, 0.717) is 12.2 Å². The average molecular weight is 212 g/mol. The summed E-state index contributed by atoms with van der Waals surface area (Å²) in [5.74, 6) is -0.0200. The summed E-state index contributed by atoms with van der Waals surface area (Å²) in [5.41, 5.74) is 0. The average Bonchev–Trinajstić information content (AvgIpc) is 2.62. The van der Waals surface area contributed by atoms with Gasteiger partial charge in [0.1, 0.15) is 12.4 Å². The molecule has 15 heavy (non-hydrogen) atoms. The molecule has 1 aromatic rings. The van der Waals surface area contributed by atoms with Gasteiger partial charge >= 0.3 is 5.97 Å². The van der Waals surface area contributed by atoms with Crippen LogP contribution in [0.15, 0.2) is 16.5 Å². The minimum Gasteiger partial charge on any atom is -0.460 e. The molecule has 1 aromatic heterocycles. The summed E-state index contributed by atoms with van der Waals surface area (Å²) in [6, 6.07) is 3.04. The van der Waals surface area contributed by atoms with Crippen molar-refractivity contribution in [3.05, 3.63) is 23.7 Å². The Morgan fingerprint density at radius 2 is 2.27 bits per heavy atom. The van der Waals surface area contributed by atoms with E-state index in [2.05, 4.69) is 4.74 Å². The summed E-state index contributed by atoms with van der Waals surface area (Å²) < 4.78 is 14.5. The molecular formula is C10H12O5. The zero-order chi connectivity index (χ0) is 11.3. The molecule has 0 aliphatic heterocycles. The Hall–Kier alpha value is -1.78. The largest absolute Gasteiger partial charge is 0.460 e. The third kappa shape index (κ3) is 3.46. The lowest BCUT2D eigenvalue weighted by molar-refractivity contribution is -0.130. The second-order valence-corrected chi connectivity index (χ2v) is 3.13. The van der Waals surface area contributed by atoms with Crippen LogP contribution in [0.2, 0.25) is 0 Å². The highest BCUT2D eigenvalue weighted by molar-refractivity contribution is 5.86. The van der Waals surface area contributed by atoms with Crippen molar-refractivity contribution in [3.8, 4) is 0 Å². The van der Waals surface area contributed by atoms with Gasteiger partial charge in [0, 0.05) is 0 Å². The number of rotatable bonds is 5. The fourth-order valence-electron chi connectivity index (χ4n) is 0.953. The second kappa shape index (κ2) is 5.19. The molecule has 0 atom stereocenters. The van der Waals surface area contributed by atoms with Gasteiger partial charge in [-0.05, 0) is 26.0 Å². The smallest absolute Gasteiger partial charge is 0.374 e. The van der Waals surface area contributed by atoms with E-state index in [1.165, 1.54) is 6.07 Å². The molecule has 1 heterocycles. The molecule has 0 aliphatic rings. The topological polar surface area (TPSA) is 65.7 Å². The first-order chi connectivity index (χ1) is 7.13. The molecule has 5 heteroatoms. The van der Waals surface area contributed by atoms with Gasteiger partial charge in [0.05, 0.1) is 6.10 Å². The van der Waals surface area contributed by atoms with Crippen molar-refractivity contribution < 1.29 is 23.5 Å². The van der Waals surface area contributed by atoms with Gasteiger partial charge in [-0.1, -0.05) is 0 Å². The van der Waals surface area contributed by atoms with Gasteiger partial charge in [0.15, 0.2) is 0 Å². The van der Waals surface area contributed by atoms with Gasteiger partial charge < -0.3 is 13.9 Å². The quantitative estimate of drug-likeness (QED) is 0.546. The van der Waals surface area contributed by atoms with Crippen LogP contribution < -0.4 is 0 Å². The molecule has 0 N–H and O–H groups in total. The summed E-state index contributed by atoms with van der Waals surface area (Å²) >= 11 is 0. The Bertz CT molecular complexity index is 339. The number of carbonyl (C=O) groups excluding carboxylic acids is 2. The second-order valence-electron chi connectivity index (χ2n) is 3.13. The predicted octanol–water partition coefficient (Wildman–Crippen LogP) is 1.52. The maximum atomic E-state index is 11.3. The highest BCUT2D eigenvalue weighted by Crippen LogP contribution is 2.10. The number of hydrogen-bond acceptors (Lipinski definition) is 5. The van der Waals surface area contributed by atoms with Crippen molar-refractivity contribution in [3.63, 3.8) is 0 Å². The molecule has 0 aliphatic carbocycles. The molecule has 0 saturated carbocycles. The van der Waals surface area contributed by atoms with Crippen molar-refractivity contribution in [2.75, 3.05) is 0 Å². The number of furan rings is 1. The Balaban J connectivity index is 2.58. The molecule has 5 nitrogen and oxygen atoms in total. The maximum absolute atomic E-state index is 11.3. The third-order valence-electron chi connectivity index (χ3n) is 1.50. The normalized spacial score (nSPS) is 10.1. The zero-order valence-electron chi connectivity index (χ0n) is 8.56. The molecule has 0 radical (unpaired) electrons. The molecule has 0 spiro atoms. The molecule has 0 saturated heterocycles. The maximum Gasteiger partial charge on any atom is 0.374 e. The van der Waals surface area contributed by atoms with Crippen LogP contribution in [0.1, 0.15) is 30.2 Å². The molecule has 1 rings (SSSR count). The first kappa shape index (κ1) is 11.3. The summed E-state index contributed by atoms with van der Waals surface area (Å²) in [6.45, 7) is 3.82. The lowest BCUT2D eigenvalue weighted by atomic mass is 10.4. The fraction of sp³-hybridized carbons (Fsp3) is 0.400. The lowest BCUT2D eigenvalue weighted by Crippen LogP contribution is -2.10. The van der Waals surface area contributed by atoms with Gasteiger partial charge in [-0.2, -0.15) is 0 Å². The van der Waals surface area contributed by atoms with Crippen molar-refractivity contribution in [2.45, 2.75) is 26.6 Å². The summed E-state index contributed by atoms with van der Waals surface area (Å²) in [6.07, 6.45) is -0.197. The van der Waals surface area contributed by atoms with E-state index in [4.69, 9.17) is 9.15 Å². The van der Waals surface area contributed by atoms with Crippen molar-refractivity contribution in [1.29, 1.82) is 0 Å².